The van der Waals surface area contributed by atoms with Crippen molar-refractivity contribution in [2.24, 2.45) is 5.73 Å². The van der Waals surface area contributed by atoms with E-state index in [4.69, 9.17) is 5.73 Å². The third-order valence-electron chi connectivity index (χ3n) is 2.60. The molecule has 0 spiro atoms. The van der Waals surface area contributed by atoms with Crippen LogP contribution in [0.1, 0.15) is 11.6 Å². The zero-order valence-electron chi connectivity index (χ0n) is 9.94. The summed E-state index contributed by atoms with van der Waals surface area (Å²) < 4.78 is 14.1. The Morgan fingerprint density at radius 3 is 2.58 bits per heavy atom. The van der Waals surface area contributed by atoms with Gasteiger partial charge in [0.25, 0.3) is 0 Å². The van der Waals surface area contributed by atoms with Crippen molar-refractivity contribution in [3.63, 3.8) is 0 Å². The molecule has 0 bridgehead atoms. The molecule has 98 valence electrons. The van der Waals surface area contributed by atoms with Gasteiger partial charge in [-0.3, -0.25) is 4.79 Å². The number of rotatable bonds is 4. The first-order chi connectivity index (χ1) is 9.06. The van der Waals surface area contributed by atoms with Crippen LogP contribution in [0.25, 0.3) is 0 Å². The summed E-state index contributed by atoms with van der Waals surface area (Å²) in [5, 5.41) is 2.99. The van der Waals surface area contributed by atoms with Crippen LogP contribution in [-0.2, 0) is 4.79 Å². The topological polar surface area (TPSA) is 55.1 Å². The second kappa shape index (κ2) is 5.84. The standard InChI is InChI=1S/C14H12BrFN2O/c15-10-4-2-6-12(8-10)18-13(14(17)19)9-3-1-5-11(16)7-9/h1-8,13,18H,(H2,17,19). The number of primary amides is 1. The normalized spacial score (nSPS) is 11.9. The van der Waals surface area contributed by atoms with Gasteiger partial charge in [-0.1, -0.05) is 34.1 Å². The molecule has 2 rings (SSSR count). The Hall–Kier alpha value is -1.88. The van der Waals surface area contributed by atoms with Crippen LogP contribution in [0.5, 0.6) is 0 Å². The van der Waals surface area contributed by atoms with Crippen LogP contribution < -0.4 is 11.1 Å². The number of hydrogen-bond acceptors (Lipinski definition) is 2. The fourth-order valence-electron chi connectivity index (χ4n) is 1.75. The summed E-state index contributed by atoms with van der Waals surface area (Å²) >= 11 is 3.34. The number of nitrogens with one attached hydrogen (secondary N) is 1. The Balaban J connectivity index is 2.29. The second-order valence-electron chi connectivity index (χ2n) is 4.05. The average molecular weight is 323 g/mol. The van der Waals surface area contributed by atoms with Crippen molar-refractivity contribution < 1.29 is 9.18 Å². The summed E-state index contributed by atoms with van der Waals surface area (Å²) in [6.45, 7) is 0. The van der Waals surface area contributed by atoms with Crippen molar-refractivity contribution in [1.29, 1.82) is 0 Å². The largest absolute Gasteiger partial charge is 0.370 e. The van der Waals surface area contributed by atoms with Crippen LogP contribution >= 0.6 is 15.9 Å². The lowest BCUT2D eigenvalue weighted by Crippen LogP contribution is -2.27. The number of amides is 1. The Morgan fingerprint density at radius 2 is 1.95 bits per heavy atom. The van der Waals surface area contributed by atoms with Crippen LogP contribution in [0, 0.1) is 5.82 Å². The molecular formula is C14H12BrFN2O. The molecule has 0 heterocycles. The molecule has 0 aliphatic carbocycles. The minimum Gasteiger partial charge on any atom is -0.370 e. The number of carbonyl (C=O) groups excluding carboxylic acids is 1. The first-order valence-electron chi connectivity index (χ1n) is 5.63. The number of carbonyl (C=O) groups is 1. The van der Waals surface area contributed by atoms with E-state index in [0.29, 0.717) is 5.56 Å². The zero-order chi connectivity index (χ0) is 13.8. The summed E-state index contributed by atoms with van der Waals surface area (Å²) in [4.78, 5) is 11.5. The molecule has 2 aromatic carbocycles. The van der Waals surface area contributed by atoms with Gasteiger partial charge in [0.15, 0.2) is 0 Å². The fourth-order valence-corrected chi connectivity index (χ4v) is 2.15. The molecule has 0 saturated carbocycles. The molecule has 0 radical (unpaired) electrons. The number of benzene rings is 2. The van der Waals surface area contributed by atoms with E-state index in [2.05, 4.69) is 21.2 Å². The summed E-state index contributed by atoms with van der Waals surface area (Å²) in [5.74, 6) is -0.967. The van der Waals surface area contributed by atoms with Gasteiger partial charge in [0.2, 0.25) is 5.91 Å². The molecule has 1 atom stereocenters. The highest BCUT2D eigenvalue weighted by atomic mass is 79.9. The summed E-state index contributed by atoms with van der Waals surface area (Å²) in [6.07, 6.45) is 0. The van der Waals surface area contributed by atoms with Crippen molar-refractivity contribution in [1.82, 2.24) is 0 Å². The SMILES string of the molecule is NC(=O)C(Nc1cccc(Br)c1)c1cccc(F)c1. The van der Waals surface area contributed by atoms with Gasteiger partial charge in [0.1, 0.15) is 11.9 Å². The molecule has 19 heavy (non-hydrogen) atoms. The van der Waals surface area contributed by atoms with E-state index in [9.17, 15) is 9.18 Å². The summed E-state index contributed by atoms with van der Waals surface area (Å²) in [6, 6.07) is 12.4. The lowest BCUT2D eigenvalue weighted by molar-refractivity contribution is -0.118. The number of nitrogens with two attached hydrogens (primary N) is 1. The van der Waals surface area contributed by atoms with Gasteiger partial charge in [0, 0.05) is 10.2 Å². The quantitative estimate of drug-likeness (QED) is 0.908. The zero-order valence-corrected chi connectivity index (χ0v) is 11.5. The van der Waals surface area contributed by atoms with E-state index in [1.165, 1.54) is 12.1 Å². The van der Waals surface area contributed by atoms with Crippen LogP contribution in [0.2, 0.25) is 0 Å². The van der Waals surface area contributed by atoms with E-state index >= 15 is 0 Å². The number of halogens is 2. The predicted molar refractivity (Wildman–Crippen MR) is 76.1 cm³/mol. The Labute approximate surface area is 118 Å². The van der Waals surface area contributed by atoms with E-state index in [1.54, 1.807) is 18.2 Å². The molecule has 0 aromatic heterocycles. The third kappa shape index (κ3) is 3.54. The highest BCUT2D eigenvalue weighted by Gasteiger charge is 2.18. The van der Waals surface area contributed by atoms with Crippen molar-refractivity contribution in [2.45, 2.75) is 6.04 Å². The maximum Gasteiger partial charge on any atom is 0.244 e. The number of hydrogen-bond donors (Lipinski definition) is 2. The van der Waals surface area contributed by atoms with Crippen molar-refractivity contribution in [3.8, 4) is 0 Å². The minimum absolute atomic E-state index is 0.403. The average Bonchev–Trinajstić information content (AvgIpc) is 2.35. The highest BCUT2D eigenvalue weighted by Crippen LogP contribution is 2.22. The van der Waals surface area contributed by atoms with E-state index in [-0.39, 0.29) is 0 Å². The maximum atomic E-state index is 13.2. The Kier molecular flexibility index (Phi) is 4.16. The molecule has 0 aliphatic rings. The van der Waals surface area contributed by atoms with Gasteiger partial charge in [-0.25, -0.2) is 4.39 Å². The van der Waals surface area contributed by atoms with E-state index in [0.717, 1.165) is 10.2 Å². The minimum atomic E-state index is -0.773. The fraction of sp³-hybridized carbons (Fsp3) is 0.0714. The van der Waals surface area contributed by atoms with Crippen LogP contribution in [-0.4, -0.2) is 5.91 Å². The molecule has 1 amide bonds. The molecule has 3 nitrogen and oxygen atoms in total. The van der Waals surface area contributed by atoms with Gasteiger partial charge in [-0.15, -0.1) is 0 Å². The van der Waals surface area contributed by atoms with Crippen molar-refractivity contribution in [3.05, 3.63) is 64.4 Å². The molecule has 5 heteroatoms. The Bertz CT molecular complexity index is 604. The van der Waals surface area contributed by atoms with Gasteiger partial charge >= 0.3 is 0 Å². The van der Waals surface area contributed by atoms with Crippen LogP contribution in [0.4, 0.5) is 10.1 Å². The monoisotopic (exact) mass is 322 g/mol. The Morgan fingerprint density at radius 1 is 1.21 bits per heavy atom. The molecule has 3 N–H and O–H groups in total. The smallest absolute Gasteiger partial charge is 0.244 e. The predicted octanol–water partition coefficient (Wildman–Crippen LogP) is 3.23. The van der Waals surface area contributed by atoms with Gasteiger partial charge in [0.05, 0.1) is 0 Å². The lowest BCUT2D eigenvalue weighted by atomic mass is 10.1. The molecule has 0 saturated heterocycles. The van der Waals surface area contributed by atoms with Crippen molar-refractivity contribution >= 4 is 27.5 Å². The summed E-state index contributed by atoms with van der Waals surface area (Å²) in [5.41, 5.74) is 6.59. The lowest BCUT2D eigenvalue weighted by Gasteiger charge is -2.17. The van der Waals surface area contributed by atoms with E-state index < -0.39 is 17.8 Å². The first kappa shape index (κ1) is 13.5. The van der Waals surface area contributed by atoms with E-state index in [1.807, 2.05) is 18.2 Å². The second-order valence-corrected chi connectivity index (χ2v) is 4.96. The molecular weight excluding hydrogens is 311 g/mol. The molecule has 0 fully saturated rings. The van der Waals surface area contributed by atoms with Crippen LogP contribution in [0.3, 0.4) is 0 Å². The molecule has 1 unspecified atom stereocenters. The highest BCUT2D eigenvalue weighted by molar-refractivity contribution is 9.10. The maximum absolute atomic E-state index is 13.2. The summed E-state index contributed by atoms with van der Waals surface area (Å²) in [7, 11) is 0. The van der Waals surface area contributed by atoms with Gasteiger partial charge in [-0.2, -0.15) is 0 Å². The molecule has 0 aliphatic heterocycles. The first-order valence-corrected chi connectivity index (χ1v) is 6.42. The molecule has 2 aromatic rings. The third-order valence-corrected chi connectivity index (χ3v) is 3.10. The number of anilines is 1. The van der Waals surface area contributed by atoms with Crippen LogP contribution in [0.15, 0.2) is 53.0 Å². The van der Waals surface area contributed by atoms with Gasteiger partial charge < -0.3 is 11.1 Å². The van der Waals surface area contributed by atoms with Gasteiger partial charge in [-0.05, 0) is 35.9 Å². The van der Waals surface area contributed by atoms with Crippen molar-refractivity contribution in [2.75, 3.05) is 5.32 Å².